The number of hydrogen-bond acceptors (Lipinski definition) is 4. The minimum absolute atomic E-state index is 0.121. The molecule has 6 atom stereocenters. The SMILES string of the molecule is CCN1C(=O)C2C3CC(C4C(=O)N(C)C(=O)C34)C2C1=O. The van der Waals surface area contributed by atoms with Gasteiger partial charge in [-0.1, -0.05) is 0 Å². The normalized spacial score (nSPS) is 45.7. The molecular weight excluding hydrogens is 260 g/mol. The molecule has 0 aromatic heterocycles. The Morgan fingerprint density at radius 3 is 1.65 bits per heavy atom. The molecular formula is C14H16N2O4. The molecule has 6 nitrogen and oxygen atoms in total. The van der Waals surface area contributed by atoms with Gasteiger partial charge in [-0.15, -0.1) is 0 Å². The summed E-state index contributed by atoms with van der Waals surface area (Å²) in [6, 6.07) is 0. The van der Waals surface area contributed by atoms with E-state index in [-0.39, 0.29) is 59.1 Å². The Bertz CT molecular complexity index is 526. The predicted octanol–water partition coefficient (Wildman–Crippen LogP) is -0.512. The molecule has 0 N–H and O–H groups in total. The minimum atomic E-state index is -0.368. The van der Waals surface area contributed by atoms with Crippen LogP contribution in [0, 0.1) is 35.5 Å². The van der Waals surface area contributed by atoms with Gasteiger partial charge in [0, 0.05) is 13.6 Å². The fraction of sp³-hybridized carbons (Fsp3) is 0.714. The van der Waals surface area contributed by atoms with Crippen LogP contribution in [0.1, 0.15) is 13.3 Å². The Kier molecular flexibility index (Phi) is 2.10. The van der Waals surface area contributed by atoms with E-state index in [0.29, 0.717) is 13.0 Å². The van der Waals surface area contributed by atoms with Crippen LogP contribution in [-0.2, 0) is 19.2 Å². The van der Waals surface area contributed by atoms with Crippen molar-refractivity contribution in [2.45, 2.75) is 13.3 Å². The molecule has 2 bridgehead atoms. The Hall–Kier alpha value is -1.72. The summed E-state index contributed by atoms with van der Waals surface area (Å²) in [7, 11) is 1.50. The molecule has 0 aromatic rings. The van der Waals surface area contributed by atoms with E-state index in [2.05, 4.69) is 0 Å². The van der Waals surface area contributed by atoms with Crippen molar-refractivity contribution >= 4 is 23.6 Å². The van der Waals surface area contributed by atoms with Crippen LogP contribution in [0.2, 0.25) is 0 Å². The number of imide groups is 2. The van der Waals surface area contributed by atoms with Gasteiger partial charge in [0.15, 0.2) is 0 Å². The Morgan fingerprint density at radius 1 is 0.850 bits per heavy atom. The third-order valence-electron chi connectivity index (χ3n) is 5.81. The third kappa shape index (κ3) is 1.05. The van der Waals surface area contributed by atoms with Gasteiger partial charge in [-0.25, -0.2) is 0 Å². The number of carbonyl (C=O) groups excluding carboxylic acids is 4. The standard InChI is InChI=1S/C14H16N2O4/c1-3-16-13(19)9-5-4-6(10(9)14(16)20)8-7(5)11(17)15(2)12(8)18/h5-10H,3-4H2,1-2H3. The van der Waals surface area contributed by atoms with Crippen molar-refractivity contribution in [3.63, 3.8) is 0 Å². The van der Waals surface area contributed by atoms with Gasteiger partial charge in [-0.3, -0.25) is 29.0 Å². The zero-order valence-corrected chi connectivity index (χ0v) is 11.4. The van der Waals surface area contributed by atoms with Crippen LogP contribution in [0.5, 0.6) is 0 Å². The lowest BCUT2D eigenvalue weighted by Crippen LogP contribution is -2.37. The maximum atomic E-state index is 12.4. The summed E-state index contributed by atoms with van der Waals surface area (Å²) in [5.74, 6) is -2.31. The van der Waals surface area contributed by atoms with Gasteiger partial charge in [0.05, 0.1) is 23.7 Å². The van der Waals surface area contributed by atoms with E-state index in [0.717, 1.165) is 0 Å². The van der Waals surface area contributed by atoms with E-state index in [1.807, 2.05) is 0 Å². The number of carbonyl (C=O) groups is 4. The number of rotatable bonds is 1. The molecule has 4 rings (SSSR count). The number of fused-ring (bicyclic) bond motifs is 8. The van der Waals surface area contributed by atoms with Gasteiger partial charge < -0.3 is 0 Å². The van der Waals surface area contributed by atoms with Gasteiger partial charge >= 0.3 is 0 Å². The van der Waals surface area contributed by atoms with Gasteiger partial charge in [0.2, 0.25) is 23.6 Å². The molecule has 4 aliphatic rings. The average molecular weight is 276 g/mol. The highest BCUT2D eigenvalue weighted by Gasteiger charge is 2.72. The smallest absolute Gasteiger partial charge is 0.233 e. The molecule has 6 unspecified atom stereocenters. The molecule has 4 amide bonds. The van der Waals surface area contributed by atoms with E-state index in [4.69, 9.17) is 0 Å². The molecule has 2 aliphatic heterocycles. The predicted molar refractivity (Wildman–Crippen MR) is 65.7 cm³/mol. The fourth-order valence-electron chi connectivity index (χ4n) is 5.10. The molecule has 2 aliphatic carbocycles. The maximum Gasteiger partial charge on any atom is 0.233 e. The summed E-state index contributed by atoms with van der Waals surface area (Å²) >= 11 is 0. The zero-order valence-electron chi connectivity index (χ0n) is 11.4. The number of amides is 4. The molecule has 20 heavy (non-hydrogen) atoms. The monoisotopic (exact) mass is 276 g/mol. The molecule has 106 valence electrons. The molecule has 0 spiro atoms. The van der Waals surface area contributed by atoms with Crippen molar-refractivity contribution < 1.29 is 19.2 Å². The van der Waals surface area contributed by atoms with Crippen LogP contribution < -0.4 is 0 Å². The van der Waals surface area contributed by atoms with E-state index in [1.54, 1.807) is 6.92 Å². The third-order valence-corrected chi connectivity index (χ3v) is 5.81. The summed E-state index contributed by atoms with van der Waals surface area (Å²) in [6.45, 7) is 2.16. The van der Waals surface area contributed by atoms with E-state index >= 15 is 0 Å². The van der Waals surface area contributed by atoms with Crippen molar-refractivity contribution in [2.75, 3.05) is 13.6 Å². The first-order chi connectivity index (χ1) is 9.49. The fourth-order valence-corrected chi connectivity index (χ4v) is 5.10. The van der Waals surface area contributed by atoms with E-state index < -0.39 is 0 Å². The molecule has 6 heteroatoms. The largest absolute Gasteiger partial charge is 0.285 e. The first-order valence-electron chi connectivity index (χ1n) is 7.15. The molecule has 0 radical (unpaired) electrons. The van der Waals surface area contributed by atoms with Crippen LogP contribution in [0.25, 0.3) is 0 Å². The molecule has 0 aromatic carbocycles. The second kappa shape index (κ2) is 3.48. The quantitative estimate of drug-likeness (QED) is 0.604. The second-order valence-electron chi connectivity index (χ2n) is 6.32. The van der Waals surface area contributed by atoms with Crippen molar-refractivity contribution in [1.82, 2.24) is 9.80 Å². The molecule has 2 saturated carbocycles. The number of likely N-dealkylation sites (tertiary alicyclic amines) is 2. The summed E-state index contributed by atoms with van der Waals surface area (Å²) in [5.41, 5.74) is 0. The van der Waals surface area contributed by atoms with Gasteiger partial charge in [0.25, 0.3) is 0 Å². The van der Waals surface area contributed by atoms with Crippen LogP contribution in [0.4, 0.5) is 0 Å². The minimum Gasteiger partial charge on any atom is -0.285 e. The highest BCUT2D eigenvalue weighted by Crippen LogP contribution is 2.63. The summed E-state index contributed by atoms with van der Waals surface area (Å²) in [4.78, 5) is 51.6. The number of hydrogen-bond donors (Lipinski definition) is 0. The first kappa shape index (κ1) is 12.1. The van der Waals surface area contributed by atoms with Crippen LogP contribution in [-0.4, -0.2) is 47.0 Å². The lowest BCUT2D eigenvalue weighted by Gasteiger charge is -2.27. The summed E-state index contributed by atoms with van der Waals surface area (Å²) in [5, 5.41) is 0. The van der Waals surface area contributed by atoms with Crippen LogP contribution >= 0.6 is 0 Å². The average Bonchev–Trinajstić information content (AvgIpc) is 3.10. The van der Waals surface area contributed by atoms with Gasteiger partial charge in [0.1, 0.15) is 0 Å². The topological polar surface area (TPSA) is 74.8 Å². The highest BCUT2D eigenvalue weighted by atomic mass is 16.2. The van der Waals surface area contributed by atoms with E-state index in [1.165, 1.54) is 16.8 Å². The molecule has 4 fully saturated rings. The lowest BCUT2D eigenvalue weighted by molar-refractivity contribution is -0.140. The highest BCUT2D eigenvalue weighted by molar-refractivity contribution is 6.10. The maximum absolute atomic E-state index is 12.4. The Morgan fingerprint density at radius 2 is 1.25 bits per heavy atom. The first-order valence-corrected chi connectivity index (χ1v) is 7.15. The van der Waals surface area contributed by atoms with Crippen LogP contribution in [0.3, 0.4) is 0 Å². The summed E-state index contributed by atoms with van der Waals surface area (Å²) < 4.78 is 0. The zero-order chi connectivity index (χ0) is 14.3. The van der Waals surface area contributed by atoms with Crippen molar-refractivity contribution in [3.8, 4) is 0 Å². The Labute approximate surface area is 116 Å². The summed E-state index contributed by atoms with van der Waals surface area (Å²) in [6.07, 6.45) is 0.672. The molecule has 2 heterocycles. The van der Waals surface area contributed by atoms with Gasteiger partial charge in [-0.05, 0) is 25.2 Å². The van der Waals surface area contributed by atoms with Crippen molar-refractivity contribution in [3.05, 3.63) is 0 Å². The second-order valence-corrected chi connectivity index (χ2v) is 6.32. The lowest BCUT2D eigenvalue weighted by atomic mass is 9.70. The van der Waals surface area contributed by atoms with Crippen molar-refractivity contribution in [1.29, 1.82) is 0 Å². The van der Waals surface area contributed by atoms with E-state index in [9.17, 15) is 19.2 Å². The molecule has 2 saturated heterocycles. The Balaban J connectivity index is 1.78. The van der Waals surface area contributed by atoms with Gasteiger partial charge in [-0.2, -0.15) is 0 Å². The van der Waals surface area contributed by atoms with Crippen LogP contribution in [0.15, 0.2) is 0 Å². The van der Waals surface area contributed by atoms with Crippen molar-refractivity contribution in [2.24, 2.45) is 35.5 Å². The number of nitrogens with zero attached hydrogens (tertiary/aromatic N) is 2.